The van der Waals surface area contributed by atoms with Crippen LogP contribution in [0.4, 0.5) is 0 Å². The zero-order chi connectivity index (χ0) is 13.8. The molecular formula is C14H14BrCl2NS. The second-order valence-corrected chi connectivity index (χ2v) is 6.83. The molecule has 102 valence electrons. The summed E-state index contributed by atoms with van der Waals surface area (Å²) in [5, 5.41) is 6.97. The van der Waals surface area contributed by atoms with Gasteiger partial charge in [0.25, 0.3) is 0 Å². The molecule has 2 aromatic rings. The SMILES string of the molecule is CCCNC(c1ccc(Cl)cc1Cl)c1sccc1Br. The molecule has 1 nitrogen and oxygen atoms in total. The molecule has 0 aliphatic carbocycles. The topological polar surface area (TPSA) is 12.0 Å². The van der Waals surface area contributed by atoms with Gasteiger partial charge in [0.2, 0.25) is 0 Å². The summed E-state index contributed by atoms with van der Waals surface area (Å²) >= 11 is 17.6. The molecule has 0 fully saturated rings. The average molecular weight is 379 g/mol. The van der Waals surface area contributed by atoms with Crippen LogP contribution in [-0.2, 0) is 0 Å². The van der Waals surface area contributed by atoms with Crippen LogP contribution in [0.1, 0.15) is 29.8 Å². The van der Waals surface area contributed by atoms with E-state index in [0.717, 1.165) is 23.0 Å². The van der Waals surface area contributed by atoms with E-state index in [0.29, 0.717) is 10.0 Å². The highest BCUT2D eigenvalue weighted by atomic mass is 79.9. The van der Waals surface area contributed by atoms with Gasteiger partial charge in [-0.15, -0.1) is 11.3 Å². The standard InChI is InChI=1S/C14H14BrCl2NS/c1-2-6-18-13(14-11(15)5-7-19-14)10-4-3-9(16)8-12(10)17/h3-5,7-8,13,18H,2,6H2,1H3. The van der Waals surface area contributed by atoms with Crippen molar-refractivity contribution in [2.45, 2.75) is 19.4 Å². The van der Waals surface area contributed by atoms with Gasteiger partial charge in [-0.2, -0.15) is 0 Å². The van der Waals surface area contributed by atoms with Gasteiger partial charge in [0, 0.05) is 19.4 Å². The van der Waals surface area contributed by atoms with Crippen molar-refractivity contribution in [2.75, 3.05) is 6.54 Å². The Morgan fingerprint density at radius 2 is 2.11 bits per heavy atom. The maximum absolute atomic E-state index is 6.34. The molecule has 0 bridgehead atoms. The maximum Gasteiger partial charge on any atom is 0.0697 e. The second kappa shape index (κ2) is 7.09. The summed E-state index contributed by atoms with van der Waals surface area (Å²) in [6.45, 7) is 3.09. The molecule has 0 spiro atoms. The van der Waals surface area contributed by atoms with Gasteiger partial charge in [-0.3, -0.25) is 0 Å². The van der Waals surface area contributed by atoms with Gasteiger partial charge in [0.05, 0.1) is 6.04 Å². The first kappa shape index (κ1) is 15.3. The van der Waals surface area contributed by atoms with Crippen LogP contribution in [-0.4, -0.2) is 6.54 Å². The molecule has 1 aromatic heterocycles. The molecule has 2 rings (SSSR count). The average Bonchev–Trinajstić information content (AvgIpc) is 2.78. The van der Waals surface area contributed by atoms with E-state index in [1.807, 2.05) is 12.1 Å². The smallest absolute Gasteiger partial charge is 0.0697 e. The minimum absolute atomic E-state index is 0.0964. The van der Waals surface area contributed by atoms with Crippen LogP contribution in [0.15, 0.2) is 34.1 Å². The summed E-state index contributed by atoms with van der Waals surface area (Å²) in [5.74, 6) is 0. The number of hydrogen-bond donors (Lipinski definition) is 1. The van der Waals surface area contributed by atoms with Crippen LogP contribution in [0, 0.1) is 0 Å². The molecule has 1 atom stereocenters. The summed E-state index contributed by atoms with van der Waals surface area (Å²) in [7, 11) is 0. The molecule has 0 amide bonds. The Bertz CT molecular complexity index is 556. The highest BCUT2D eigenvalue weighted by Gasteiger charge is 2.20. The van der Waals surface area contributed by atoms with Gasteiger partial charge in [-0.25, -0.2) is 0 Å². The number of hydrogen-bond acceptors (Lipinski definition) is 2. The third kappa shape index (κ3) is 3.73. The van der Waals surface area contributed by atoms with E-state index in [4.69, 9.17) is 23.2 Å². The van der Waals surface area contributed by atoms with Crippen LogP contribution < -0.4 is 5.32 Å². The molecular weight excluding hydrogens is 365 g/mol. The monoisotopic (exact) mass is 377 g/mol. The fourth-order valence-electron chi connectivity index (χ4n) is 1.88. The van der Waals surface area contributed by atoms with Gasteiger partial charge < -0.3 is 5.32 Å². The zero-order valence-corrected chi connectivity index (χ0v) is 14.3. The third-order valence-electron chi connectivity index (χ3n) is 2.78. The Kier molecular flexibility index (Phi) is 5.72. The molecule has 1 aromatic carbocycles. The van der Waals surface area contributed by atoms with Crippen LogP contribution in [0.3, 0.4) is 0 Å². The van der Waals surface area contributed by atoms with Crippen LogP contribution >= 0.6 is 50.5 Å². The molecule has 0 aliphatic rings. The van der Waals surface area contributed by atoms with E-state index in [1.165, 1.54) is 4.88 Å². The maximum atomic E-state index is 6.34. The van der Waals surface area contributed by atoms with Crippen molar-refractivity contribution < 1.29 is 0 Å². The van der Waals surface area contributed by atoms with E-state index in [1.54, 1.807) is 17.4 Å². The first-order chi connectivity index (χ1) is 9.13. The predicted octanol–water partition coefficient (Wildman–Crippen LogP) is 5.91. The zero-order valence-electron chi connectivity index (χ0n) is 10.4. The van der Waals surface area contributed by atoms with E-state index < -0.39 is 0 Å². The van der Waals surface area contributed by atoms with E-state index in [-0.39, 0.29) is 6.04 Å². The molecule has 1 heterocycles. The Morgan fingerprint density at radius 3 is 2.68 bits per heavy atom. The normalized spacial score (nSPS) is 12.6. The number of thiophene rings is 1. The van der Waals surface area contributed by atoms with Gasteiger partial charge in [-0.05, 0) is 58.0 Å². The van der Waals surface area contributed by atoms with Crippen LogP contribution in [0.5, 0.6) is 0 Å². The van der Waals surface area contributed by atoms with Gasteiger partial charge in [0.15, 0.2) is 0 Å². The van der Waals surface area contributed by atoms with Crippen molar-refractivity contribution in [3.8, 4) is 0 Å². The molecule has 0 radical (unpaired) electrons. The van der Waals surface area contributed by atoms with Crippen molar-refractivity contribution in [1.82, 2.24) is 5.32 Å². The summed E-state index contributed by atoms with van der Waals surface area (Å²) in [5.41, 5.74) is 1.06. The Balaban J connectivity index is 2.40. The summed E-state index contributed by atoms with van der Waals surface area (Å²) in [4.78, 5) is 1.23. The molecule has 19 heavy (non-hydrogen) atoms. The lowest BCUT2D eigenvalue weighted by molar-refractivity contribution is 0.604. The quantitative estimate of drug-likeness (QED) is 0.682. The summed E-state index contributed by atoms with van der Waals surface area (Å²) in [6, 6.07) is 7.82. The fraction of sp³-hybridized carbons (Fsp3) is 0.286. The first-order valence-electron chi connectivity index (χ1n) is 6.04. The minimum atomic E-state index is 0.0964. The Morgan fingerprint density at radius 1 is 1.32 bits per heavy atom. The molecule has 0 saturated heterocycles. The lowest BCUT2D eigenvalue weighted by atomic mass is 10.1. The van der Waals surface area contributed by atoms with E-state index in [2.05, 4.69) is 39.6 Å². The lowest BCUT2D eigenvalue weighted by Gasteiger charge is -2.20. The molecule has 5 heteroatoms. The highest BCUT2D eigenvalue weighted by Crippen LogP contribution is 2.36. The van der Waals surface area contributed by atoms with Crippen LogP contribution in [0.2, 0.25) is 10.0 Å². The van der Waals surface area contributed by atoms with E-state index >= 15 is 0 Å². The van der Waals surface area contributed by atoms with Crippen molar-refractivity contribution in [1.29, 1.82) is 0 Å². The molecule has 0 aliphatic heterocycles. The predicted molar refractivity (Wildman–Crippen MR) is 88.6 cm³/mol. The summed E-state index contributed by atoms with van der Waals surface area (Å²) in [6.07, 6.45) is 1.07. The molecule has 0 saturated carbocycles. The number of rotatable bonds is 5. The molecule has 1 unspecified atom stereocenters. The van der Waals surface area contributed by atoms with Crippen molar-refractivity contribution in [3.63, 3.8) is 0 Å². The number of benzene rings is 1. The second-order valence-electron chi connectivity index (χ2n) is 4.19. The minimum Gasteiger partial charge on any atom is -0.306 e. The lowest BCUT2D eigenvalue weighted by Crippen LogP contribution is -2.23. The largest absolute Gasteiger partial charge is 0.306 e. The number of halogens is 3. The van der Waals surface area contributed by atoms with Crippen molar-refractivity contribution >= 4 is 50.5 Å². The third-order valence-corrected chi connectivity index (χ3v) is 5.28. The Labute approximate surface area is 136 Å². The van der Waals surface area contributed by atoms with Gasteiger partial charge in [-0.1, -0.05) is 36.2 Å². The summed E-state index contributed by atoms with van der Waals surface area (Å²) < 4.78 is 1.11. The van der Waals surface area contributed by atoms with Crippen molar-refractivity contribution in [2.24, 2.45) is 0 Å². The van der Waals surface area contributed by atoms with Crippen molar-refractivity contribution in [3.05, 3.63) is 54.6 Å². The molecule has 1 N–H and O–H groups in total. The first-order valence-corrected chi connectivity index (χ1v) is 8.47. The Hall–Kier alpha value is -0.0600. The highest BCUT2D eigenvalue weighted by molar-refractivity contribution is 9.10. The van der Waals surface area contributed by atoms with E-state index in [9.17, 15) is 0 Å². The number of nitrogens with one attached hydrogen (secondary N) is 1. The van der Waals surface area contributed by atoms with Crippen LogP contribution in [0.25, 0.3) is 0 Å². The fourth-order valence-corrected chi connectivity index (χ4v) is 4.09. The van der Waals surface area contributed by atoms with Gasteiger partial charge in [0.1, 0.15) is 0 Å². The van der Waals surface area contributed by atoms with Gasteiger partial charge >= 0.3 is 0 Å².